The van der Waals surface area contributed by atoms with Crippen LogP contribution in [0.15, 0.2) is 24.3 Å². The summed E-state index contributed by atoms with van der Waals surface area (Å²) in [6, 6.07) is 8.76. The number of fused-ring (bicyclic) bond motifs is 1. The zero-order valence-electron chi connectivity index (χ0n) is 16.9. The zero-order chi connectivity index (χ0) is 21.9. The Morgan fingerprint density at radius 3 is 2.63 bits per heavy atom. The van der Waals surface area contributed by atoms with Gasteiger partial charge in [-0.15, -0.1) is 0 Å². The van der Waals surface area contributed by atoms with Crippen LogP contribution in [0.3, 0.4) is 0 Å². The third-order valence-corrected chi connectivity index (χ3v) is 5.89. The molecule has 6 nitrogen and oxygen atoms in total. The fourth-order valence-electron chi connectivity index (χ4n) is 4.14. The number of nitrogens with zero attached hydrogens (tertiary/aromatic N) is 1. The highest BCUT2D eigenvalue weighted by atomic mass is 19.4. The second-order valence-electron chi connectivity index (χ2n) is 8.53. The molecule has 2 aliphatic heterocycles. The Labute approximate surface area is 173 Å². The molecule has 2 saturated heterocycles. The number of carboxylic acids is 1. The highest BCUT2D eigenvalue weighted by Crippen LogP contribution is 2.41. The fourth-order valence-corrected chi connectivity index (χ4v) is 4.14. The molecule has 1 aromatic rings. The van der Waals surface area contributed by atoms with Gasteiger partial charge in [-0.05, 0) is 25.3 Å². The number of rotatable bonds is 5. The lowest BCUT2D eigenvalue weighted by Gasteiger charge is -2.27. The Morgan fingerprint density at radius 2 is 2.03 bits per heavy atom. The van der Waals surface area contributed by atoms with Gasteiger partial charge >= 0.3 is 12.1 Å². The van der Waals surface area contributed by atoms with Gasteiger partial charge in [0, 0.05) is 43.4 Å². The molecule has 1 aliphatic carbocycles. The predicted molar refractivity (Wildman–Crippen MR) is 103 cm³/mol. The summed E-state index contributed by atoms with van der Waals surface area (Å²) in [4.78, 5) is 23.4. The third kappa shape index (κ3) is 5.72. The van der Waals surface area contributed by atoms with E-state index in [1.54, 1.807) is 0 Å². The number of carbonyl (C=O) groups excluding carboxylic acids is 1. The van der Waals surface area contributed by atoms with Crippen LogP contribution in [0.5, 0.6) is 0 Å². The second kappa shape index (κ2) is 8.93. The Balaban J connectivity index is 0.000000318. The van der Waals surface area contributed by atoms with Crippen LogP contribution in [-0.2, 0) is 20.9 Å². The van der Waals surface area contributed by atoms with E-state index in [1.165, 1.54) is 11.1 Å². The van der Waals surface area contributed by atoms with Crippen LogP contribution < -0.4 is 5.32 Å². The lowest BCUT2D eigenvalue weighted by atomic mass is 9.81. The predicted octanol–water partition coefficient (Wildman–Crippen LogP) is 2.60. The van der Waals surface area contributed by atoms with E-state index in [1.807, 2.05) is 0 Å². The molecule has 9 heteroatoms. The van der Waals surface area contributed by atoms with E-state index < -0.39 is 12.1 Å². The zero-order valence-corrected chi connectivity index (χ0v) is 16.9. The number of likely N-dealkylation sites (tertiary alicyclic amines) is 1. The molecule has 0 bridgehead atoms. The molecule has 2 heterocycles. The number of benzene rings is 1. The summed E-state index contributed by atoms with van der Waals surface area (Å²) in [7, 11) is 0. The molecule has 0 spiro atoms. The van der Waals surface area contributed by atoms with E-state index in [0.717, 1.165) is 52.2 Å². The van der Waals surface area contributed by atoms with E-state index in [2.05, 4.69) is 41.4 Å². The van der Waals surface area contributed by atoms with Crippen molar-refractivity contribution < 1.29 is 32.6 Å². The lowest BCUT2D eigenvalue weighted by Crippen LogP contribution is -2.43. The summed E-state index contributed by atoms with van der Waals surface area (Å²) in [6.45, 7) is 7.64. The minimum atomic E-state index is -5.08. The molecule has 1 amide bonds. The van der Waals surface area contributed by atoms with Crippen LogP contribution in [0.1, 0.15) is 24.0 Å². The number of halogens is 3. The number of carboxylic acid groups (broad SMARTS) is 1. The second-order valence-corrected chi connectivity index (χ2v) is 8.53. The first-order valence-electron chi connectivity index (χ1n) is 10.0. The summed E-state index contributed by atoms with van der Waals surface area (Å²) in [5.41, 5.74) is 2.81. The number of aliphatic carboxylic acids is 1. The van der Waals surface area contributed by atoms with Crippen molar-refractivity contribution in [2.75, 3.05) is 32.8 Å². The van der Waals surface area contributed by atoms with Crippen molar-refractivity contribution in [3.8, 4) is 0 Å². The minimum absolute atomic E-state index is 0.119. The first kappa shape index (κ1) is 22.6. The summed E-state index contributed by atoms with van der Waals surface area (Å²) in [6.07, 6.45) is -2.95. The Morgan fingerprint density at radius 1 is 1.33 bits per heavy atom. The molecule has 1 saturated carbocycles. The SMILES string of the molecule is Cc1cccc(CN2C[C@@H]3COC[C@]3(CNC(=O)C3CC3)C2)c1.O=C(O)C(F)(F)F. The number of ether oxygens (including phenoxy) is 1. The third-order valence-electron chi connectivity index (χ3n) is 5.89. The molecule has 3 fully saturated rings. The highest BCUT2D eigenvalue weighted by Gasteiger charge is 2.50. The van der Waals surface area contributed by atoms with Crippen molar-refractivity contribution in [3.05, 3.63) is 35.4 Å². The van der Waals surface area contributed by atoms with Crippen LogP contribution >= 0.6 is 0 Å². The average molecular weight is 428 g/mol. The van der Waals surface area contributed by atoms with Gasteiger partial charge in [-0.25, -0.2) is 4.79 Å². The van der Waals surface area contributed by atoms with Gasteiger partial charge in [0.2, 0.25) is 5.91 Å². The molecule has 166 valence electrons. The normalized spacial score (nSPS) is 25.9. The van der Waals surface area contributed by atoms with Crippen molar-refractivity contribution in [1.29, 1.82) is 0 Å². The molecule has 4 rings (SSSR count). The van der Waals surface area contributed by atoms with Crippen LogP contribution in [0.2, 0.25) is 0 Å². The van der Waals surface area contributed by atoms with E-state index in [9.17, 15) is 18.0 Å². The van der Waals surface area contributed by atoms with Gasteiger partial charge in [-0.1, -0.05) is 29.8 Å². The van der Waals surface area contributed by atoms with Crippen LogP contribution in [0, 0.1) is 24.2 Å². The minimum Gasteiger partial charge on any atom is -0.475 e. The van der Waals surface area contributed by atoms with E-state index in [4.69, 9.17) is 14.6 Å². The topological polar surface area (TPSA) is 78.9 Å². The van der Waals surface area contributed by atoms with Crippen molar-refractivity contribution in [2.24, 2.45) is 17.3 Å². The van der Waals surface area contributed by atoms with Gasteiger partial charge in [-0.3, -0.25) is 9.69 Å². The first-order chi connectivity index (χ1) is 14.1. The number of amides is 1. The quantitative estimate of drug-likeness (QED) is 0.754. The van der Waals surface area contributed by atoms with Crippen molar-refractivity contribution in [1.82, 2.24) is 10.2 Å². The average Bonchev–Trinajstić information content (AvgIpc) is 3.35. The van der Waals surface area contributed by atoms with Crippen LogP contribution in [0.4, 0.5) is 13.2 Å². The molecular weight excluding hydrogens is 401 g/mol. The smallest absolute Gasteiger partial charge is 0.475 e. The summed E-state index contributed by atoms with van der Waals surface area (Å²) < 4.78 is 37.5. The summed E-state index contributed by atoms with van der Waals surface area (Å²) in [5.74, 6) is -1.67. The Hall–Kier alpha value is -2.13. The van der Waals surface area contributed by atoms with Crippen LogP contribution in [0.25, 0.3) is 0 Å². The van der Waals surface area contributed by atoms with E-state index >= 15 is 0 Å². The molecular formula is C21H27F3N2O4. The van der Waals surface area contributed by atoms with Crippen molar-refractivity contribution in [3.63, 3.8) is 0 Å². The maximum atomic E-state index is 12.0. The number of hydrogen-bond acceptors (Lipinski definition) is 4. The van der Waals surface area contributed by atoms with Crippen molar-refractivity contribution in [2.45, 2.75) is 32.5 Å². The number of aryl methyl sites for hydroxylation is 1. The molecule has 3 aliphatic rings. The molecule has 2 N–H and O–H groups in total. The molecule has 0 radical (unpaired) electrons. The van der Waals surface area contributed by atoms with E-state index in [-0.39, 0.29) is 17.2 Å². The van der Waals surface area contributed by atoms with Gasteiger partial charge in [0.15, 0.2) is 0 Å². The fraction of sp³-hybridized carbons (Fsp3) is 0.619. The molecule has 0 unspecified atom stereocenters. The standard InChI is InChI=1S/C19H26N2O2.C2HF3O2/c1-14-3-2-4-15(7-14)8-21-9-17-10-23-13-19(17,12-21)11-20-18(22)16-5-6-16;3-2(4,5)1(6)7/h2-4,7,16-17H,5-6,8-13H2,1H3,(H,20,22);(H,6,7)/t17-,19+;/m1./s1. The number of alkyl halides is 3. The maximum Gasteiger partial charge on any atom is 0.490 e. The molecule has 1 aromatic carbocycles. The monoisotopic (exact) mass is 428 g/mol. The van der Waals surface area contributed by atoms with Crippen LogP contribution in [-0.4, -0.2) is 60.9 Å². The lowest BCUT2D eigenvalue weighted by molar-refractivity contribution is -0.192. The Bertz CT molecular complexity index is 782. The molecule has 2 atom stereocenters. The summed E-state index contributed by atoms with van der Waals surface area (Å²) in [5, 5.41) is 10.3. The highest BCUT2D eigenvalue weighted by molar-refractivity contribution is 5.80. The number of carbonyl (C=O) groups is 2. The van der Waals surface area contributed by atoms with Crippen molar-refractivity contribution >= 4 is 11.9 Å². The largest absolute Gasteiger partial charge is 0.490 e. The number of hydrogen-bond donors (Lipinski definition) is 2. The number of nitrogens with one attached hydrogen (secondary N) is 1. The maximum absolute atomic E-state index is 12.0. The van der Waals surface area contributed by atoms with Gasteiger partial charge in [-0.2, -0.15) is 13.2 Å². The van der Waals surface area contributed by atoms with E-state index in [0.29, 0.717) is 5.92 Å². The Kier molecular flexibility index (Phi) is 6.71. The van der Waals surface area contributed by atoms with Gasteiger partial charge in [0.25, 0.3) is 0 Å². The van der Waals surface area contributed by atoms with Gasteiger partial charge in [0.1, 0.15) is 0 Å². The summed E-state index contributed by atoms with van der Waals surface area (Å²) >= 11 is 0. The first-order valence-corrected chi connectivity index (χ1v) is 10.0. The van der Waals surface area contributed by atoms with Gasteiger partial charge < -0.3 is 15.2 Å². The molecule has 30 heavy (non-hydrogen) atoms. The molecule has 0 aromatic heterocycles. The van der Waals surface area contributed by atoms with Gasteiger partial charge in [0.05, 0.1) is 13.2 Å².